The summed E-state index contributed by atoms with van der Waals surface area (Å²) in [4.78, 5) is 33.9. The van der Waals surface area contributed by atoms with E-state index in [1.165, 1.54) is 23.0 Å². The van der Waals surface area contributed by atoms with E-state index in [-0.39, 0.29) is 23.9 Å². The molecule has 3 rings (SSSR count). The van der Waals surface area contributed by atoms with E-state index < -0.39 is 12.1 Å². The Morgan fingerprint density at radius 2 is 1.92 bits per heavy atom. The highest BCUT2D eigenvalue weighted by Gasteiger charge is 2.38. The van der Waals surface area contributed by atoms with Crippen LogP contribution in [0.15, 0.2) is 42.5 Å². The van der Waals surface area contributed by atoms with Crippen LogP contribution in [0.25, 0.3) is 0 Å². The molecule has 0 bridgehead atoms. The molecule has 2 heterocycles. The molecule has 0 spiro atoms. The van der Waals surface area contributed by atoms with Crippen molar-refractivity contribution in [3.63, 3.8) is 0 Å². The van der Waals surface area contributed by atoms with Crippen LogP contribution in [0.3, 0.4) is 0 Å². The van der Waals surface area contributed by atoms with Gasteiger partial charge in [0.25, 0.3) is 0 Å². The van der Waals surface area contributed by atoms with Crippen LogP contribution in [0.1, 0.15) is 43.2 Å². The molecule has 9 nitrogen and oxygen atoms in total. The van der Waals surface area contributed by atoms with Crippen molar-refractivity contribution in [1.82, 2.24) is 20.8 Å². The quantitative estimate of drug-likeness (QED) is 0.357. The Morgan fingerprint density at radius 1 is 1.22 bits per heavy atom. The van der Waals surface area contributed by atoms with Crippen LogP contribution in [0.2, 0.25) is 0 Å². The lowest BCUT2D eigenvalue weighted by molar-refractivity contribution is -0.192. The number of carbonyl (C=O) groups is 3. The van der Waals surface area contributed by atoms with Gasteiger partial charge in [0, 0.05) is 12.1 Å². The fourth-order valence-electron chi connectivity index (χ4n) is 3.34. The van der Waals surface area contributed by atoms with Gasteiger partial charge in [-0.25, -0.2) is 4.79 Å². The van der Waals surface area contributed by atoms with Gasteiger partial charge in [0.2, 0.25) is 16.9 Å². The molecule has 202 valence electrons. The highest BCUT2D eigenvalue weighted by atomic mass is 32.1. The molecule has 1 aromatic heterocycles. The number of carboxylic acids is 1. The minimum Gasteiger partial charge on any atom is -0.475 e. The smallest absolute Gasteiger partial charge is 0.475 e. The van der Waals surface area contributed by atoms with E-state index in [1.807, 2.05) is 25.1 Å². The summed E-state index contributed by atoms with van der Waals surface area (Å²) in [5.41, 5.74) is 1.20. The number of alkyl halides is 3. The highest BCUT2D eigenvalue weighted by Crippen LogP contribution is 2.16. The number of aliphatic carboxylic acids is 1. The Kier molecular flexibility index (Phi) is 12.2. The number of nitrogens with one attached hydrogen (secondary N) is 3. The SMILES string of the molecule is CCc1nnc(NC(=O)/C=C/[C@H](CCc2ccccc2)NC(=O)[C@@H]2CCCCN2)s1.O=C(O)C(F)(F)F. The second kappa shape index (κ2) is 15.1. The summed E-state index contributed by atoms with van der Waals surface area (Å²) >= 11 is 1.37. The minimum absolute atomic E-state index is 0.00506. The lowest BCUT2D eigenvalue weighted by atomic mass is 10.0. The number of anilines is 1. The van der Waals surface area contributed by atoms with Gasteiger partial charge in [-0.15, -0.1) is 10.2 Å². The maximum atomic E-state index is 12.7. The van der Waals surface area contributed by atoms with E-state index in [2.05, 4.69) is 38.3 Å². The summed E-state index contributed by atoms with van der Waals surface area (Å²) in [6, 6.07) is 9.74. The summed E-state index contributed by atoms with van der Waals surface area (Å²) in [7, 11) is 0. The Hall–Kier alpha value is -3.32. The molecule has 1 saturated heterocycles. The van der Waals surface area contributed by atoms with Crippen LogP contribution < -0.4 is 16.0 Å². The molecule has 2 amide bonds. The van der Waals surface area contributed by atoms with E-state index in [4.69, 9.17) is 9.90 Å². The Balaban J connectivity index is 0.000000604. The largest absolute Gasteiger partial charge is 0.490 e. The predicted octanol–water partition coefficient (Wildman–Crippen LogP) is 3.49. The topological polar surface area (TPSA) is 133 Å². The minimum atomic E-state index is -5.08. The van der Waals surface area contributed by atoms with E-state index in [0.717, 1.165) is 43.7 Å². The number of aromatic nitrogens is 2. The van der Waals surface area contributed by atoms with Crippen molar-refractivity contribution >= 4 is 34.3 Å². The monoisotopic (exact) mass is 541 g/mol. The first-order chi connectivity index (χ1) is 17.6. The summed E-state index contributed by atoms with van der Waals surface area (Å²) in [6.07, 6.45) is 3.46. The average molecular weight is 542 g/mol. The summed E-state index contributed by atoms with van der Waals surface area (Å²) in [5, 5.41) is 25.6. The summed E-state index contributed by atoms with van der Waals surface area (Å²) in [6.45, 7) is 2.86. The van der Waals surface area contributed by atoms with Gasteiger partial charge in [0.05, 0.1) is 6.04 Å². The van der Waals surface area contributed by atoms with Crippen LogP contribution in [0, 0.1) is 0 Å². The van der Waals surface area contributed by atoms with Crippen LogP contribution in [-0.4, -0.2) is 57.9 Å². The molecule has 4 N–H and O–H groups in total. The van der Waals surface area contributed by atoms with Gasteiger partial charge in [-0.2, -0.15) is 13.2 Å². The number of nitrogens with zero attached hydrogens (tertiary/aromatic N) is 2. The van der Waals surface area contributed by atoms with Crippen molar-refractivity contribution in [2.45, 2.75) is 63.7 Å². The first-order valence-electron chi connectivity index (χ1n) is 11.8. The number of hydrogen-bond donors (Lipinski definition) is 4. The van der Waals surface area contributed by atoms with Crippen molar-refractivity contribution in [3.05, 3.63) is 53.1 Å². The van der Waals surface area contributed by atoms with Crippen molar-refractivity contribution in [2.24, 2.45) is 0 Å². The number of amides is 2. The molecular formula is C24H30F3N5O4S. The lowest BCUT2D eigenvalue weighted by Gasteiger charge is -2.25. The van der Waals surface area contributed by atoms with Gasteiger partial charge in [-0.1, -0.05) is 61.1 Å². The zero-order valence-corrected chi connectivity index (χ0v) is 21.1. The maximum Gasteiger partial charge on any atom is 0.490 e. The fourth-order valence-corrected chi connectivity index (χ4v) is 4.02. The summed E-state index contributed by atoms with van der Waals surface area (Å²) < 4.78 is 31.7. The molecule has 0 unspecified atom stereocenters. The van der Waals surface area contributed by atoms with E-state index in [1.54, 1.807) is 6.08 Å². The predicted molar refractivity (Wildman–Crippen MR) is 133 cm³/mol. The molecule has 1 aromatic carbocycles. The number of piperidine rings is 1. The van der Waals surface area contributed by atoms with Crippen LogP contribution >= 0.6 is 11.3 Å². The van der Waals surface area contributed by atoms with Crippen molar-refractivity contribution in [1.29, 1.82) is 0 Å². The first-order valence-corrected chi connectivity index (χ1v) is 12.6. The first kappa shape index (κ1) is 29.9. The molecule has 37 heavy (non-hydrogen) atoms. The normalized spacial score (nSPS) is 16.4. The third kappa shape index (κ3) is 11.5. The molecule has 2 aromatic rings. The number of hydrogen-bond acceptors (Lipinski definition) is 7. The van der Waals surface area contributed by atoms with Crippen molar-refractivity contribution < 1.29 is 32.7 Å². The third-order valence-corrected chi connectivity index (χ3v) is 6.25. The Labute approximate surface area is 216 Å². The molecule has 2 atom stereocenters. The molecule has 0 radical (unpaired) electrons. The van der Waals surface area contributed by atoms with Crippen molar-refractivity contribution in [3.8, 4) is 0 Å². The fraction of sp³-hybridized carbons (Fsp3) is 0.458. The van der Waals surface area contributed by atoms with Crippen molar-refractivity contribution in [2.75, 3.05) is 11.9 Å². The van der Waals surface area contributed by atoms with Crippen LogP contribution in [-0.2, 0) is 27.2 Å². The van der Waals surface area contributed by atoms with Gasteiger partial charge >= 0.3 is 12.1 Å². The molecule has 1 aliphatic rings. The number of rotatable bonds is 9. The number of aryl methyl sites for hydroxylation is 2. The number of halogens is 3. The second-order valence-electron chi connectivity index (χ2n) is 8.15. The van der Waals surface area contributed by atoms with E-state index in [0.29, 0.717) is 11.6 Å². The lowest BCUT2D eigenvalue weighted by Crippen LogP contribution is -2.49. The molecule has 0 saturated carbocycles. The van der Waals surface area contributed by atoms with Crippen LogP contribution in [0.5, 0.6) is 0 Å². The van der Waals surface area contributed by atoms with Gasteiger partial charge in [-0.05, 0) is 44.2 Å². The molecular weight excluding hydrogens is 511 g/mol. The zero-order valence-electron chi connectivity index (χ0n) is 20.3. The molecule has 13 heteroatoms. The number of carbonyl (C=O) groups excluding carboxylic acids is 2. The average Bonchev–Trinajstić information content (AvgIpc) is 3.34. The summed E-state index contributed by atoms with van der Waals surface area (Å²) in [5.74, 6) is -3.04. The standard InChI is InChI=1S/C22H29N5O2S.C2HF3O2/c1-2-20-26-27-22(30-20)25-19(28)14-13-17(12-11-16-8-4-3-5-9-16)24-21(29)18-10-6-7-15-23-18;3-2(4,5)1(6)7/h3-5,8-9,13-14,17-18,23H,2,6-7,10-12,15H2,1H3,(H,24,29)(H,25,27,28);(H,6,7)/b14-13+;/t17-,18-;/m0./s1. The highest BCUT2D eigenvalue weighted by molar-refractivity contribution is 7.15. The van der Waals surface area contributed by atoms with Gasteiger partial charge in [-0.3, -0.25) is 14.9 Å². The molecule has 0 aliphatic carbocycles. The Bertz CT molecular complexity index is 1040. The maximum absolute atomic E-state index is 12.7. The zero-order chi connectivity index (χ0) is 27.3. The van der Waals surface area contributed by atoms with E-state index in [9.17, 15) is 22.8 Å². The van der Waals surface area contributed by atoms with Crippen LogP contribution in [0.4, 0.5) is 18.3 Å². The second-order valence-corrected chi connectivity index (χ2v) is 9.21. The number of carboxylic acid groups (broad SMARTS) is 1. The van der Waals surface area contributed by atoms with Gasteiger partial charge < -0.3 is 15.7 Å². The molecule has 1 fully saturated rings. The molecule has 1 aliphatic heterocycles. The van der Waals surface area contributed by atoms with Gasteiger partial charge in [0.15, 0.2) is 0 Å². The third-order valence-electron chi connectivity index (χ3n) is 5.26. The number of benzene rings is 1. The Morgan fingerprint density at radius 3 is 2.49 bits per heavy atom. The van der Waals surface area contributed by atoms with Gasteiger partial charge in [0.1, 0.15) is 5.01 Å². The van der Waals surface area contributed by atoms with E-state index >= 15 is 0 Å².